The summed E-state index contributed by atoms with van der Waals surface area (Å²) in [6.45, 7) is 5.95. The smallest absolute Gasteiger partial charge is 0.243 e. The maximum Gasteiger partial charge on any atom is 0.243 e. The summed E-state index contributed by atoms with van der Waals surface area (Å²) in [5, 5.41) is 4.91. The first-order chi connectivity index (χ1) is 5.20. The van der Waals surface area contributed by atoms with E-state index in [1.165, 1.54) is 0 Å². The highest BCUT2D eigenvalue weighted by atomic mass is 16.2. The third-order valence-electron chi connectivity index (χ3n) is 1.22. The molecular weight excluding hydrogens is 144 g/mol. The van der Waals surface area contributed by atoms with Gasteiger partial charge in [0, 0.05) is 0 Å². The van der Waals surface area contributed by atoms with Crippen molar-refractivity contribution in [2.45, 2.75) is 26.8 Å². The van der Waals surface area contributed by atoms with E-state index in [1.807, 2.05) is 13.8 Å². The summed E-state index contributed by atoms with van der Waals surface area (Å²) in [4.78, 5) is 21.0. The monoisotopic (exact) mass is 158 g/mol. The van der Waals surface area contributed by atoms with E-state index < -0.39 is 0 Å². The molecule has 0 spiro atoms. The lowest BCUT2D eigenvalue weighted by atomic mass is 10.2. The number of hydrogen-bond donors (Lipinski definition) is 2. The molecule has 0 saturated carbocycles. The van der Waals surface area contributed by atoms with Gasteiger partial charge in [0.15, 0.2) is 0 Å². The molecule has 0 aromatic heterocycles. The average Bonchev–Trinajstić information content (AvgIpc) is 2.02. The van der Waals surface area contributed by atoms with Gasteiger partial charge in [0.2, 0.25) is 11.8 Å². The van der Waals surface area contributed by atoms with Crippen LogP contribution in [0.4, 0.5) is 0 Å². The lowest BCUT2D eigenvalue weighted by molar-refractivity contribution is -0.133. The number of hydrogen-bond acceptors (Lipinski definition) is 3. The summed E-state index contributed by atoms with van der Waals surface area (Å²) in [7, 11) is 0. The van der Waals surface area contributed by atoms with Crippen molar-refractivity contribution in [2.24, 2.45) is 0 Å². The molecule has 0 aromatic carbocycles. The number of carbonyl (C=O) groups excluding carboxylic acids is 2. The highest BCUT2D eigenvalue weighted by molar-refractivity contribution is 6.00. The standard InChI is InChI=1S/C5H8N2O2.C2H6/c1-3-5(9)7-4(8)2-6-3;1-2/h3,6H,2H2,1H3,(H,7,8,9);1-2H3. The molecule has 2 amide bonds. The van der Waals surface area contributed by atoms with Gasteiger partial charge in [-0.3, -0.25) is 20.2 Å². The summed E-state index contributed by atoms with van der Waals surface area (Å²) in [6.07, 6.45) is 0. The van der Waals surface area contributed by atoms with Crippen molar-refractivity contribution in [1.29, 1.82) is 0 Å². The van der Waals surface area contributed by atoms with Crippen molar-refractivity contribution in [3.05, 3.63) is 0 Å². The predicted octanol–water partition coefficient (Wildman–Crippen LogP) is -0.353. The molecule has 0 bridgehead atoms. The summed E-state index contributed by atoms with van der Waals surface area (Å²) in [6, 6.07) is -0.234. The molecule has 1 rings (SSSR count). The molecule has 1 aliphatic heterocycles. The summed E-state index contributed by atoms with van der Waals surface area (Å²) >= 11 is 0. The Balaban J connectivity index is 0.000000461. The van der Waals surface area contributed by atoms with E-state index in [0.717, 1.165) is 0 Å². The topological polar surface area (TPSA) is 58.2 Å². The van der Waals surface area contributed by atoms with Gasteiger partial charge in [-0.15, -0.1) is 0 Å². The fourth-order valence-corrected chi connectivity index (χ4v) is 0.628. The second-order valence-corrected chi connectivity index (χ2v) is 2.02. The molecule has 1 atom stereocenters. The van der Waals surface area contributed by atoms with Gasteiger partial charge in [0.1, 0.15) is 0 Å². The van der Waals surface area contributed by atoms with E-state index in [0.29, 0.717) is 0 Å². The Morgan fingerprint density at radius 2 is 1.91 bits per heavy atom. The molecule has 1 heterocycles. The summed E-state index contributed by atoms with van der Waals surface area (Å²) in [5.41, 5.74) is 0. The van der Waals surface area contributed by atoms with Gasteiger partial charge in [-0.2, -0.15) is 0 Å². The number of piperazine rings is 1. The third-order valence-corrected chi connectivity index (χ3v) is 1.22. The minimum absolute atomic E-state index is 0.234. The first kappa shape index (κ1) is 10.1. The third kappa shape index (κ3) is 3.13. The predicted molar refractivity (Wildman–Crippen MR) is 42.0 cm³/mol. The second-order valence-electron chi connectivity index (χ2n) is 2.02. The lowest BCUT2D eigenvalue weighted by Gasteiger charge is -2.17. The first-order valence-electron chi connectivity index (χ1n) is 3.77. The lowest BCUT2D eigenvalue weighted by Crippen LogP contribution is -2.54. The first-order valence-corrected chi connectivity index (χ1v) is 3.77. The van der Waals surface area contributed by atoms with Gasteiger partial charge in [0.05, 0.1) is 12.6 Å². The number of imide groups is 1. The van der Waals surface area contributed by atoms with Crippen molar-refractivity contribution in [3.63, 3.8) is 0 Å². The fourth-order valence-electron chi connectivity index (χ4n) is 0.628. The Kier molecular flexibility index (Phi) is 4.45. The van der Waals surface area contributed by atoms with Gasteiger partial charge < -0.3 is 0 Å². The van der Waals surface area contributed by atoms with Gasteiger partial charge in [-0.1, -0.05) is 13.8 Å². The average molecular weight is 158 g/mol. The molecule has 1 fully saturated rings. The van der Waals surface area contributed by atoms with Crippen molar-refractivity contribution in [2.75, 3.05) is 6.54 Å². The molecule has 1 aliphatic rings. The molecule has 11 heavy (non-hydrogen) atoms. The molecule has 2 N–H and O–H groups in total. The molecule has 0 radical (unpaired) electrons. The molecule has 0 aliphatic carbocycles. The number of nitrogens with one attached hydrogen (secondary N) is 2. The van der Waals surface area contributed by atoms with Crippen molar-refractivity contribution in [1.82, 2.24) is 10.6 Å². The van der Waals surface area contributed by atoms with E-state index in [9.17, 15) is 9.59 Å². The molecule has 0 aromatic rings. The Morgan fingerprint density at radius 3 is 2.27 bits per heavy atom. The van der Waals surface area contributed by atoms with Crippen LogP contribution in [0.15, 0.2) is 0 Å². The van der Waals surface area contributed by atoms with E-state index >= 15 is 0 Å². The normalized spacial score (nSPS) is 23.4. The van der Waals surface area contributed by atoms with E-state index in [-0.39, 0.29) is 24.4 Å². The van der Waals surface area contributed by atoms with Crippen molar-refractivity contribution < 1.29 is 9.59 Å². The number of amides is 2. The van der Waals surface area contributed by atoms with Crippen molar-refractivity contribution >= 4 is 11.8 Å². The Morgan fingerprint density at radius 1 is 1.36 bits per heavy atom. The number of carbonyl (C=O) groups is 2. The van der Waals surface area contributed by atoms with Crippen LogP contribution in [0.25, 0.3) is 0 Å². The molecule has 1 unspecified atom stereocenters. The SMILES string of the molecule is CC.CC1NCC(=O)NC1=O. The van der Waals surface area contributed by atoms with Crippen LogP contribution in [0, 0.1) is 0 Å². The molecular formula is C7H14N2O2. The Labute approximate surface area is 66.4 Å². The van der Waals surface area contributed by atoms with Crippen LogP contribution in [0.2, 0.25) is 0 Å². The Hall–Kier alpha value is -0.900. The zero-order chi connectivity index (χ0) is 8.85. The Bertz CT molecular complexity index is 157. The maximum absolute atomic E-state index is 10.6. The highest BCUT2D eigenvalue weighted by Gasteiger charge is 2.20. The largest absolute Gasteiger partial charge is 0.298 e. The van der Waals surface area contributed by atoms with Crippen LogP contribution in [0.1, 0.15) is 20.8 Å². The van der Waals surface area contributed by atoms with Crippen LogP contribution in [0.3, 0.4) is 0 Å². The van der Waals surface area contributed by atoms with Crippen LogP contribution < -0.4 is 10.6 Å². The van der Waals surface area contributed by atoms with Crippen molar-refractivity contribution in [3.8, 4) is 0 Å². The minimum atomic E-state index is -0.252. The zero-order valence-electron chi connectivity index (χ0n) is 7.10. The van der Waals surface area contributed by atoms with E-state index in [4.69, 9.17) is 0 Å². The molecule has 4 nitrogen and oxygen atoms in total. The molecule has 4 heteroatoms. The maximum atomic E-state index is 10.6. The number of rotatable bonds is 0. The molecule has 64 valence electrons. The van der Waals surface area contributed by atoms with Gasteiger partial charge in [0.25, 0.3) is 0 Å². The quantitative estimate of drug-likeness (QED) is 0.474. The van der Waals surface area contributed by atoms with Gasteiger partial charge in [-0.25, -0.2) is 0 Å². The second kappa shape index (κ2) is 4.85. The summed E-state index contributed by atoms with van der Waals surface area (Å²) < 4.78 is 0. The zero-order valence-corrected chi connectivity index (χ0v) is 7.10. The van der Waals surface area contributed by atoms with Gasteiger partial charge >= 0.3 is 0 Å². The highest BCUT2D eigenvalue weighted by Crippen LogP contribution is 1.86. The summed E-state index contributed by atoms with van der Waals surface area (Å²) in [5.74, 6) is -0.496. The van der Waals surface area contributed by atoms with Crippen LogP contribution in [0.5, 0.6) is 0 Å². The van der Waals surface area contributed by atoms with E-state index in [2.05, 4.69) is 10.6 Å². The minimum Gasteiger partial charge on any atom is -0.298 e. The van der Waals surface area contributed by atoms with Crippen LogP contribution in [-0.4, -0.2) is 24.4 Å². The van der Waals surface area contributed by atoms with Crippen LogP contribution >= 0.6 is 0 Å². The van der Waals surface area contributed by atoms with E-state index in [1.54, 1.807) is 6.92 Å². The fraction of sp³-hybridized carbons (Fsp3) is 0.714. The van der Waals surface area contributed by atoms with Gasteiger partial charge in [-0.05, 0) is 6.92 Å². The van der Waals surface area contributed by atoms with Crippen LogP contribution in [-0.2, 0) is 9.59 Å². The molecule has 1 saturated heterocycles.